The number of hydrogen-bond acceptors (Lipinski definition) is 3. The first-order valence-electron chi connectivity index (χ1n) is 6.71. The summed E-state index contributed by atoms with van der Waals surface area (Å²) in [6.07, 6.45) is -3.40. The molecule has 0 fully saturated rings. The van der Waals surface area contributed by atoms with Gasteiger partial charge in [-0.15, -0.1) is 12.4 Å². The first-order valence-corrected chi connectivity index (χ1v) is 6.71. The fourth-order valence-corrected chi connectivity index (χ4v) is 1.64. The van der Waals surface area contributed by atoms with Crippen molar-refractivity contribution >= 4 is 29.9 Å². The van der Waals surface area contributed by atoms with Crippen LogP contribution in [-0.4, -0.2) is 38.1 Å². The molecule has 0 aliphatic heterocycles. The highest BCUT2D eigenvalue weighted by Crippen LogP contribution is 2.14. The zero-order valence-electron chi connectivity index (χ0n) is 12.5. The molecule has 2 amide bonds. The largest absolute Gasteiger partial charge is 0.405 e. The second kappa shape index (κ2) is 10.1. The van der Waals surface area contributed by atoms with Crippen LogP contribution in [0.5, 0.6) is 0 Å². The zero-order chi connectivity index (χ0) is 16.6. The Kier molecular flexibility index (Phi) is 9.28. The van der Waals surface area contributed by atoms with Gasteiger partial charge >= 0.3 is 6.18 Å². The smallest absolute Gasteiger partial charge is 0.343 e. The van der Waals surface area contributed by atoms with E-state index in [4.69, 9.17) is 0 Å². The SMILES string of the molecule is CNCCCC(=O)Nc1ccc(C(=O)NCC(F)(F)F)cc1.Cl. The van der Waals surface area contributed by atoms with E-state index >= 15 is 0 Å². The molecule has 0 saturated carbocycles. The van der Waals surface area contributed by atoms with Crippen LogP contribution in [0.2, 0.25) is 0 Å². The molecule has 1 aromatic rings. The maximum Gasteiger partial charge on any atom is 0.405 e. The second-order valence-electron chi connectivity index (χ2n) is 4.63. The van der Waals surface area contributed by atoms with Crippen LogP contribution in [0.15, 0.2) is 24.3 Å². The van der Waals surface area contributed by atoms with Crippen LogP contribution in [0.3, 0.4) is 0 Å². The number of anilines is 1. The molecule has 0 spiro atoms. The number of nitrogens with one attached hydrogen (secondary N) is 3. The van der Waals surface area contributed by atoms with Crippen molar-refractivity contribution < 1.29 is 22.8 Å². The molecule has 0 radical (unpaired) electrons. The Balaban J connectivity index is 0.00000484. The number of carbonyl (C=O) groups is 2. The monoisotopic (exact) mass is 353 g/mol. The molecule has 0 aliphatic rings. The van der Waals surface area contributed by atoms with E-state index < -0.39 is 18.6 Å². The van der Waals surface area contributed by atoms with E-state index in [-0.39, 0.29) is 23.9 Å². The van der Waals surface area contributed by atoms with Crippen LogP contribution in [0.4, 0.5) is 18.9 Å². The molecule has 0 aliphatic carbocycles. The molecule has 0 aromatic heterocycles. The Labute approximate surface area is 138 Å². The first kappa shape index (κ1) is 21.2. The summed E-state index contributed by atoms with van der Waals surface area (Å²) in [6.45, 7) is -0.651. The standard InChI is InChI=1S/C14H18F3N3O2.ClH/c1-18-8-2-3-12(21)20-11-6-4-10(5-7-11)13(22)19-9-14(15,16)17;/h4-7,18H,2-3,8-9H2,1H3,(H,19,22)(H,20,21);1H. The van der Waals surface area contributed by atoms with Gasteiger partial charge in [-0.05, 0) is 44.3 Å². The molecule has 0 heterocycles. The van der Waals surface area contributed by atoms with Gasteiger partial charge in [-0.25, -0.2) is 0 Å². The van der Waals surface area contributed by atoms with Gasteiger partial charge in [-0.1, -0.05) is 0 Å². The third-order valence-electron chi connectivity index (χ3n) is 2.71. The molecule has 23 heavy (non-hydrogen) atoms. The summed E-state index contributed by atoms with van der Waals surface area (Å²) < 4.78 is 36.0. The van der Waals surface area contributed by atoms with Gasteiger partial charge in [-0.2, -0.15) is 13.2 Å². The predicted molar refractivity (Wildman–Crippen MR) is 83.9 cm³/mol. The van der Waals surface area contributed by atoms with E-state index in [1.807, 2.05) is 0 Å². The molecule has 1 rings (SSSR count). The molecule has 0 bridgehead atoms. The molecule has 5 nitrogen and oxygen atoms in total. The van der Waals surface area contributed by atoms with Crippen molar-refractivity contribution in [3.8, 4) is 0 Å². The van der Waals surface area contributed by atoms with Gasteiger partial charge in [-0.3, -0.25) is 9.59 Å². The maximum atomic E-state index is 12.0. The second-order valence-corrected chi connectivity index (χ2v) is 4.63. The third-order valence-corrected chi connectivity index (χ3v) is 2.71. The van der Waals surface area contributed by atoms with Crippen LogP contribution in [0, 0.1) is 0 Å². The average molecular weight is 354 g/mol. The van der Waals surface area contributed by atoms with Gasteiger partial charge < -0.3 is 16.0 Å². The third kappa shape index (κ3) is 9.04. The zero-order valence-corrected chi connectivity index (χ0v) is 13.3. The van der Waals surface area contributed by atoms with Crippen molar-refractivity contribution in [3.05, 3.63) is 29.8 Å². The van der Waals surface area contributed by atoms with Gasteiger partial charge in [0.15, 0.2) is 0 Å². The van der Waals surface area contributed by atoms with E-state index in [9.17, 15) is 22.8 Å². The fourth-order valence-electron chi connectivity index (χ4n) is 1.64. The van der Waals surface area contributed by atoms with Crippen LogP contribution in [0.1, 0.15) is 23.2 Å². The van der Waals surface area contributed by atoms with E-state index in [0.29, 0.717) is 18.5 Å². The lowest BCUT2D eigenvalue weighted by Gasteiger charge is -2.09. The lowest BCUT2D eigenvalue weighted by molar-refractivity contribution is -0.123. The van der Waals surface area contributed by atoms with Crippen molar-refractivity contribution in [2.75, 3.05) is 25.5 Å². The minimum absolute atomic E-state index is 0. The van der Waals surface area contributed by atoms with E-state index in [2.05, 4.69) is 10.6 Å². The predicted octanol–water partition coefficient (Wildman–Crippen LogP) is 2.34. The Morgan fingerprint density at radius 3 is 2.26 bits per heavy atom. The van der Waals surface area contributed by atoms with Gasteiger partial charge in [0.05, 0.1) is 0 Å². The summed E-state index contributed by atoms with van der Waals surface area (Å²) in [7, 11) is 1.79. The van der Waals surface area contributed by atoms with Crippen LogP contribution >= 0.6 is 12.4 Å². The lowest BCUT2D eigenvalue weighted by Crippen LogP contribution is -2.33. The molecule has 3 N–H and O–H groups in total. The lowest BCUT2D eigenvalue weighted by atomic mass is 10.2. The van der Waals surface area contributed by atoms with E-state index in [1.54, 1.807) is 12.4 Å². The fraction of sp³-hybridized carbons (Fsp3) is 0.429. The van der Waals surface area contributed by atoms with Crippen LogP contribution in [0.25, 0.3) is 0 Å². The van der Waals surface area contributed by atoms with E-state index in [0.717, 1.165) is 6.54 Å². The van der Waals surface area contributed by atoms with Crippen molar-refractivity contribution in [3.63, 3.8) is 0 Å². The normalized spacial score (nSPS) is 10.6. The maximum absolute atomic E-state index is 12.0. The Morgan fingerprint density at radius 2 is 1.74 bits per heavy atom. The number of alkyl halides is 3. The molecular weight excluding hydrogens is 335 g/mol. The number of carbonyl (C=O) groups excluding carboxylic acids is 2. The average Bonchev–Trinajstić information content (AvgIpc) is 2.45. The molecular formula is C14H19ClF3N3O2. The number of amides is 2. The number of hydrogen-bond donors (Lipinski definition) is 3. The molecule has 0 atom stereocenters. The number of rotatable bonds is 7. The number of benzene rings is 1. The molecule has 0 saturated heterocycles. The van der Waals surface area contributed by atoms with Gasteiger partial charge in [0, 0.05) is 17.7 Å². The quantitative estimate of drug-likeness (QED) is 0.659. The van der Waals surface area contributed by atoms with Crippen molar-refractivity contribution in [1.29, 1.82) is 0 Å². The topological polar surface area (TPSA) is 70.2 Å². The summed E-state index contributed by atoms with van der Waals surface area (Å²) in [5.74, 6) is -0.978. The molecule has 9 heteroatoms. The van der Waals surface area contributed by atoms with E-state index in [1.165, 1.54) is 24.3 Å². The molecule has 130 valence electrons. The van der Waals surface area contributed by atoms with Crippen molar-refractivity contribution in [2.24, 2.45) is 0 Å². The molecule has 0 unspecified atom stereocenters. The molecule has 1 aromatic carbocycles. The van der Waals surface area contributed by atoms with Gasteiger partial charge in [0.25, 0.3) is 5.91 Å². The van der Waals surface area contributed by atoms with Gasteiger partial charge in [0.2, 0.25) is 5.91 Å². The summed E-state index contributed by atoms with van der Waals surface area (Å²) >= 11 is 0. The Bertz CT molecular complexity index is 507. The highest BCUT2D eigenvalue weighted by atomic mass is 35.5. The summed E-state index contributed by atoms with van der Waals surface area (Å²) in [5.41, 5.74) is 0.583. The minimum atomic E-state index is -4.45. The van der Waals surface area contributed by atoms with Gasteiger partial charge in [0.1, 0.15) is 6.54 Å². The Hall–Kier alpha value is -1.80. The highest BCUT2D eigenvalue weighted by Gasteiger charge is 2.27. The summed E-state index contributed by atoms with van der Waals surface area (Å²) in [6, 6.07) is 5.65. The van der Waals surface area contributed by atoms with Crippen LogP contribution in [-0.2, 0) is 4.79 Å². The Morgan fingerprint density at radius 1 is 1.13 bits per heavy atom. The first-order chi connectivity index (χ1) is 10.3. The summed E-state index contributed by atoms with van der Waals surface area (Å²) in [5, 5.41) is 7.34. The van der Waals surface area contributed by atoms with Crippen LogP contribution < -0.4 is 16.0 Å². The minimum Gasteiger partial charge on any atom is -0.343 e. The van der Waals surface area contributed by atoms with Crippen molar-refractivity contribution in [2.45, 2.75) is 19.0 Å². The number of halogens is 4. The summed E-state index contributed by atoms with van der Waals surface area (Å²) in [4.78, 5) is 23.1. The van der Waals surface area contributed by atoms with Crippen molar-refractivity contribution in [1.82, 2.24) is 10.6 Å². The highest BCUT2D eigenvalue weighted by molar-refractivity contribution is 5.95.